The predicted molar refractivity (Wildman–Crippen MR) is 18.7 cm³/mol. The molecule has 0 N–H and O–H groups in total. The maximum Gasteiger partial charge on any atom is 0.0370 e. The van der Waals surface area contributed by atoms with E-state index in [4.69, 9.17) is 0 Å². The molecule has 0 aromatic carbocycles. The standard InChI is InChI=1S/C2H5Si.Pt/c1-2-3;/h2H,1,3H2;. The Hall–Kier alpha value is 0.645. The Bertz CT molecular complexity index is 13.5. The Labute approximate surface area is 44.0 Å². The van der Waals surface area contributed by atoms with Crippen LogP contribution in [0.4, 0.5) is 0 Å². The fourth-order valence-electron chi connectivity index (χ4n) is 0. The van der Waals surface area contributed by atoms with Crippen LogP contribution in [0.15, 0.2) is 12.3 Å². The molecule has 0 heterocycles. The molecule has 1 radical (unpaired) electrons. The molecule has 2 heteroatoms. The van der Waals surface area contributed by atoms with Gasteiger partial charge in [0.2, 0.25) is 0 Å². The van der Waals surface area contributed by atoms with Crippen molar-refractivity contribution in [1.29, 1.82) is 0 Å². The predicted octanol–water partition coefficient (Wildman–Crippen LogP) is -0.240. The monoisotopic (exact) mass is 252 g/mol. The molecule has 0 aromatic heterocycles. The molecule has 0 amide bonds. The largest absolute Gasteiger partial charge is 0.111 e. The van der Waals surface area contributed by atoms with Gasteiger partial charge in [-0.2, -0.15) is 0 Å². The maximum absolute atomic E-state index is 3.37. The van der Waals surface area contributed by atoms with Crippen molar-refractivity contribution >= 4 is 10.2 Å². The number of hydrogen-bond donors (Lipinski definition) is 0. The summed E-state index contributed by atoms with van der Waals surface area (Å²) in [6, 6.07) is 0. The first-order valence-electron chi connectivity index (χ1n) is 0.816. The molecule has 0 spiro atoms. The molecule has 0 unspecified atom stereocenters. The van der Waals surface area contributed by atoms with Crippen LogP contribution in [0.3, 0.4) is 0 Å². The second-order valence-electron chi connectivity index (χ2n) is 0.289. The molecule has 0 rings (SSSR count). The maximum atomic E-state index is 3.37. The van der Waals surface area contributed by atoms with Crippen LogP contribution in [0.2, 0.25) is 0 Å². The first-order valence-corrected chi connectivity index (χ1v) is 1.63. The molecule has 0 saturated heterocycles. The quantitative estimate of drug-likeness (QED) is 0.522. The third-order valence-corrected chi connectivity index (χ3v) is 0. The summed E-state index contributed by atoms with van der Waals surface area (Å²) in [5, 5.41) is 0. The fourth-order valence-corrected chi connectivity index (χ4v) is 0. The van der Waals surface area contributed by atoms with E-state index in [-0.39, 0.29) is 21.1 Å². The molecule has 0 nitrogen and oxygen atoms in total. The van der Waals surface area contributed by atoms with Gasteiger partial charge in [0.15, 0.2) is 0 Å². The molecule has 0 bridgehead atoms. The zero-order valence-electron chi connectivity index (χ0n) is 2.31. The molecule has 27 valence electrons. The second kappa shape index (κ2) is 9.42. The van der Waals surface area contributed by atoms with Gasteiger partial charge in [-0.05, 0) is 0 Å². The Morgan fingerprint density at radius 1 is 1.75 bits per heavy atom. The van der Waals surface area contributed by atoms with Crippen LogP contribution in [0.1, 0.15) is 0 Å². The zero-order valence-corrected chi connectivity index (χ0v) is 5.99. The summed E-state index contributed by atoms with van der Waals surface area (Å²) in [5.74, 6) is 0. The van der Waals surface area contributed by atoms with Crippen LogP contribution in [0, 0.1) is 0 Å². The average Bonchev–Trinajstić information content (AvgIpc) is 0.918. The van der Waals surface area contributed by atoms with E-state index >= 15 is 0 Å². The van der Waals surface area contributed by atoms with Gasteiger partial charge < -0.3 is 0 Å². The molecule has 4 heavy (non-hydrogen) atoms. The van der Waals surface area contributed by atoms with E-state index < -0.39 is 0 Å². The Balaban J connectivity index is 0. The van der Waals surface area contributed by atoms with Gasteiger partial charge in [-0.25, -0.2) is 0 Å². The summed E-state index contributed by atoms with van der Waals surface area (Å²) < 4.78 is 0. The topological polar surface area (TPSA) is 0 Å². The zero-order chi connectivity index (χ0) is 2.71. The Morgan fingerprint density at radius 3 is 1.75 bits per heavy atom. The van der Waals surface area contributed by atoms with Gasteiger partial charge in [0.25, 0.3) is 0 Å². The third-order valence-electron chi connectivity index (χ3n) is 0. The minimum atomic E-state index is 0. The van der Waals surface area contributed by atoms with E-state index in [9.17, 15) is 0 Å². The minimum Gasteiger partial charge on any atom is -0.111 e. The average molecular weight is 252 g/mol. The van der Waals surface area contributed by atoms with Crippen LogP contribution in [-0.4, -0.2) is 10.2 Å². The van der Waals surface area contributed by atoms with Gasteiger partial charge in [0, 0.05) is 31.3 Å². The summed E-state index contributed by atoms with van der Waals surface area (Å²) >= 11 is 0. The van der Waals surface area contributed by atoms with Crippen molar-refractivity contribution < 1.29 is 21.1 Å². The van der Waals surface area contributed by atoms with Gasteiger partial charge in [0.1, 0.15) is 0 Å². The third kappa shape index (κ3) is 17.2. The number of rotatable bonds is 0. The fraction of sp³-hybridized carbons (Fsp3) is 0. The Kier molecular flexibility index (Phi) is 20.8. The first-order chi connectivity index (χ1) is 1.41. The van der Waals surface area contributed by atoms with Gasteiger partial charge in [-0.15, -0.1) is 12.3 Å². The van der Waals surface area contributed by atoms with Crippen LogP contribution < -0.4 is 0 Å². The summed E-state index contributed by atoms with van der Waals surface area (Å²) in [6.45, 7) is 3.37. The van der Waals surface area contributed by atoms with Crippen LogP contribution in [0.25, 0.3) is 0 Å². The van der Waals surface area contributed by atoms with Crippen molar-refractivity contribution in [3.05, 3.63) is 12.3 Å². The van der Waals surface area contributed by atoms with Crippen molar-refractivity contribution in [3.8, 4) is 0 Å². The second-order valence-corrected chi connectivity index (χ2v) is 0.866. The first kappa shape index (κ1) is 8.82. The normalized spacial score (nSPS) is 3.25. The molecular formula is C2H5PtSi. The SMILES string of the molecule is C=C[SiH2].[Pt]. The van der Waals surface area contributed by atoms with Gasteiger partial charge in [0.05, 0.1) is 0 Å². The van der Waals surface area contributed by atoms with E-state index in [1.807, 2.05) is 0 Å². The number of hydrogen-bond acceptors (Lipinski definition) is 0. The molecule has 0 fully saturated rings. The molecular weight excluding hydrogens is 247 g/mol. The van der Waals surface area contributed by atoms with E-state index in [1.165, 1.54) is 0 Å². The van der Waals surface area contributed by atoms with Crippen molar-refractivity contribution in [3.63, 3.8) is 0 Å². The van der Waals surface area contributed by atoms with Crippen molar-refractivity contribution in [2.75, 3.05) is 0 Å². The van der Waals surface area contributed by atoms with Gasteiger partial charge >= 0.3 is 0 Å². The molecule has 0 aliphatic carbocycles. The summed E-state index contributed by atoms with van der Waals surface area (Å²) in [7, 11) is 1.74. The molecule has 0 aromatic rings. The molecule has 0 saturated carbocycles. The summed E-state index contributed by atoms with van der Waals surface area (Å²) in [6.07, 6.45) is 0. The van der Waals surface area contributed by atoms with Crippen molar-refractivity contribution in [2.24, 2.45) is 0 Å². The Morgan fingerprint density at radius 2 is 1.75 bits per heavy atom. The van der Waals surface area contributed by atoms with Crippen LogP contribution in [0.5, 0.6) is 0 Å². The van der Waals surface area contributed by atoms with E-state index in [0.29, 0.717) is 0 Å². The van der Waals surface area contributed by atoms with Crippen molar-refractivity contribution in [2.45, 2.75) is 0 Å². The van der Waals surface area contributed by atoms with Gasteiger partial charge in [-0.1, -0.05) is 0 Å². The van der Waals surface area contributed by atoms with E-state index in [0.717, 1.165) is 0 Å². The van der Waals surface area contributed by atoms with Crippen LogP contribution >= 0.6 is 0 Å². The molecule has 0 atom stereocenters. The molecule has 0 aliphatic heterocycles. The van der Waals surface area contributed by atoms with Gasteiger partial charge in [-0.3, -0.25) is 0 Å². The van der Waals surface area contributed by atoms with E-state index in [2.05, 4.69) is 6.58 Å². The van der Waals surface area contributed by atoms with Crippen LogP contribution in [-0.2, 0) is 21.1 Å². The minimum absolute atomic E-state index is 0. The smallest absolute Gasteiger partial charge is 0.0370 e. The molecule has 0 aliphatic rings. The van der Waals surface area contributed by atoms with E-state index in [1.54, 1.807) is 15.9 Å². The summed E-state index contributed by atoms with van der Waals surface area (Å²) in [5.41, 5.74) is 1.78. The van der Waals surface area contributed by atoms with Crippen molar-refractivity contribution in [1.82, 2.24) is 0 Å². The summed E-state index contributed by atoms with van der Waals surface area (Å²) in [4.78, 5) is 0.